The summed E-state index contributed by atoms with van der Waals surface area (Å²) in [6, 6.07) is 6.99. The number of amides is 1. The van der Waals surface area contributed by atoms with Gasteiger partial charge in [0.05, 0.1) is 11.7 Å². The van der Waals surface area contributed by atoms with Gasteiger partial charge in [-0.2, -0.15) is 8.75 Å². The zero-order valence-corrected chi connectivity index (χ0v) is 9.05. The average molecular weight is 240 g/mol. The van der Waals surface area contributed by atoms with Crippen molar-refractivity contribution in [1.82, 2.24) is 8.75 Å². The minimum absolute atomic E-state index is 0.197. The molecule has 1 heterocycles. The molecule has 15 heavy (non-hydrogen) atoms. The zero-order valence-electron chi connectivity index (χ0n) is 7.48. The summed E-state index contributed by atoms with van der Waals surface area (Å²) >= 11 is 6.71. The van der Waals surface area contributed by atoms with Crippen LogP contribution in [0, 0.1) is 0 Å². The van der Waals surface area contributed by atoms with E-state index in [0.29, 0.717) is 10.7 Å². The van der Waals surface area contributed by atoms with Crippen LogP contribution in [0.25, 0.3) is 11.3 Å². The van der Waals surface area contributed by atoms with E-state index in [1.807, 2.05) is 0 Å². The Bertz CT molecular complexity index is 494. The van der Waals surface area contributed by atoms with Gasteiger partial charge in [0.1, 0.15) is 5.69 Å². The molecule has 0 bridgehead atoms. The first-order chi connectivity index (χ1) is 7.18. The molecule has 1 aromatic carbocycles. The number of rotatable bonds is 2. The Labute approximate surface area is 95.0 Å². The maximum atomic E-state index is 11.0. The van der Waals surface area contributed by atoms with Crippen molar-refractivity contribution in [2.24, 2.45) is 5.73 Å². The van der Waals surface area contributed by atoms with Gasteiger partial charge in [-0.15, -0.1) is 0 Å². The van der Waals surface area contributed by atoms with E-state index in [9.17, 15) is 4.79 Å². The molecule has 2 N–H and O–H groups in total. The van der Waals surface area contributed by atoms with Crippen LogP contribution >= 0.6 is 23.3 Å². The molecule has 1 amide bonds. The summed E-state index contributed by atoms with van der Waals surface area (Å²) in [5.41, 5.74) is 6.65. The number of primary amides is 1. The summed E-state index contributed by atoms with van der Waals surface area (Å²) in [6.07, 6.45) is 0. The van der Waals surface area contributed by atoms with E-state index in [1.165, 1.54) is 0 Å². The lowest BCUT2D eigenvalue weighted by atomic mass is 10.1. The summed E-state index contributed by atoms with van der Waals surface area (Å²) < 4.78 is 7.86. The predicted octanol–water partition coefficient (Wildman–Crippen LogP) is 1.96. The second-order valence-corrected chi connectivity index (χ2v) is 3.80. The maximum Gasteiger partial charge on any atom is 0.270 e. The van der Waals surface area contributed by atoms with Gasteiger partial charge in [0.25, 0.3) is 5.91 Å². The number of halogens is 1. The number of aromatic nitrogens is 2. The lowest BCUT2D eigenvalue weighted by molar-refractivity contribution is 0.0997. The van der Waals surface area contributed by atoms with Crippen molar-refractivity contribution in [2.75, 3.05) is 0 Å². The summed E-state index contributed by atoms with van der Waals surface area (Å²) in [7, 11) is 0. The average Bonchev–Trinajstić information content (AvgIpc) is 2.67. The first kappa shape index (κ1) is 10.1. The number of nitrogens with zero attached hydrogens (tertiary/aromatic N) is 2. The number of nitrogens with two attached hydrogens (primary N) is 1. The Kier molecular flexibility index (Phi) is 2.66. The van der Waals surface area contributed by atoms with Crippen LogP contribution in [0.1, 0.15) is 10.5 Å². The first-order valence-electron chi connectivity index (χ1n) is 4.07. The monoisotopic (exact) mass is 239 g/mol. The van der Waals surface area contributed by atoms with Gasteiger partial charge in [0.2, 0.25) is 0 Å². The van der Waals surface area contributed by atoms with Crippen molar-refractivity contribution >= 4 is 29.2 Å². The SMILES string of the molecule is NC(=O)c1nsnc1-c1ccc(Cl)cc1. The second kappa shape index (κ2) is 3.96. The summed E-state index contributed by atoms with van der Waals surface area (Å²) in [5.74, 6) is -0.575. The summed E-state index contributed by atoms with van der Waals surface area (Å²) in [5, 5.41) is 0.627. The molecule has 0 spiro atoms. The Morgan fingerprint density at radius 1 is 1.27 bits per heavy atom. The molecule has 0 fully saturated rings. The van der Waals surface area contributed by atoms with Crippen LogP contribution in [0.3, 0.4) is 0 Å². The molecule has 0 aliphatic rings. The van der Waals surface area contributed by atoms with Gasteiger partial charge in [-0.25, -0.2) is 0 Å². The molecule has 0 saturated carbocycles. The molecule has 2 rings (SSSR count). The van der Waals surface area contributed by atoms with Crippen molar-refractivity contribution in [3.05, 3.63) is 35.0 Å². The van der Waals surface area contributed by atoms with Crippen molar-refractivity contribution in [1.29, 1.82) is 0 Å². The van der Waals surface area contributed by atoms with E-state index in [0.717, 1.165) is 17.3 Å². The van der Waals surface area contributed by atoms with Gasteiger partial charge in [0, 0.05) is 10.6 Å². The van der Waals surface area contributed by atoms with Gasteiger partial charge >= 0.3 is 0 Å². The molecule has 2 aromatic rings. The number of hydrogen-bond donors (Lipinski definition) is 1. The van der Waals surface area contributed by atoms with E-state index in [4.69, 9.17) is 17.3 Å². The molecule has 0 aliphatic heterocycles. The van der Waals surface area contributed by atoms with Crippen LogP contribution in [-0.4, -0.2) is 14.7 Å². The molecule has 0 aliphatic carbocycles. The molecule has 76 valence electrons. The molecule has 4 nitrogen and oxygen atoms in total. The fourth-order valence-corrected chi connectivity index (χ4v) is 1.85. The number of carbonyl (C=O) groups is 1. The highest BCUT2D eigenvalue weighted by molar-refractivity contribution is 6.99. The molecule has 0 atom stereocenters. The third-order valence-electron chi connectivity index (χ3n) is 1.84. The molecule has 0 unspecified atom stereocenters. The molecular formula is C9H6ClN3OS. The van der Waals surface area contributed by atoms with Gasteiger partial charge in [-0.3, -0.25) is 4.79 Å². The van der Waals surface area contributed by atoms with Crippen molar-refractivity contribution in [2.45, 2.75) is 0 Å². The third kappa shape index (κ3) is 1.98. The molecular weight excluding hydrogens is 234 g/mol. The van der Waals surface area contributed by atoms with Gasteiger partial charge in [0.15, 0.2) is 5.69 Å². The summed E-state index contributed by atoms with van der Waals surface area (Å²) in [4.78, 5) is 11.0. The quantitative estimate of drug-likeness (QED) is 0.871. The zero-order chi connectivity index (χ0) is 10.8. The first-order valence-corrected chi connectivity index (χ1v) is 5.17. The largest absolute Gasteiger partial charge is 0.364 e. The maximum absolute atomic E-state index is 11.0. The van der Waals surface area contributed by atoms with Gasteiger partial charge < -0.3 is 5.73 Å². The summed E-state index contributed by atoms with van der Waals surface area (Å²) in [6.45, 7) is 0. The van der Waals surface area contributed by atoms with Gasteiger partial charge in [-0.05, 0) is 12.1 Å². The topological polar surface area (TPSA) is 68.9 Å². The highest BCUT2D eigenvalue weighted by atomic mass is 35.5. The Morgan fingerprint density at radius 2 is 1.93 bits per heavy atom. The van der Waals surface area contributed by atoms with Crippen LogP contribution < -0.4 is 5.73 Å². The molecule has 0 saturated heterocycles. The smallest absolute Gasteiger partial charge is 0.270 e. The minimum atomic E-state index is -0.575. The fraction of sp³-hybridized carbons (Fsp3) is 0. The lowest BCUT2D eigenvalue weighted by Crippen LogP contribution is -2.12. The van der Waals surface area contributed by atoms with E-state index in [2.05, 4.69) is 8.75 Å². The number of carbonyl (C=O) groups excluding carboxylic acids is 1. The van der Waals surface area contributed by atoms with Gasteiger partial charge in [-0.1, -0.05) is 23.7 Å². The van der Waals surface area contributed by atoms with Crippen LogP contribution in [0.4, 0.5) is 0 Å². The molecule has 1 aromatic heterocycles. The minimum Gasteiger partial charge on any atom is -0.364 e. The second-order valence-electron chi connectivity index (χ2n) is 2.83. The van der Waals surface area contributed by atoms with Crippen molar-refractivity contribution in [3.63, 3.8) is 0 Å². The van der Waals surface area contributed by atoms with E-state index in [-0.39, 0.29) is 5.69 Å². The molecule has 0 radical (unpaired) electrons. The third-order valence-corrected chi connectivity index (χ3v) is 2.62. The predicted molar refractivity (Wildman–Crippen MR) is 58.9 cm³/mol. The van der Waals surface area contributed by atoms with E-state index < -0.39 is 5.91 Å². The number of hydrogen-bond acceptors (Lipinski definition) is 4. The number of benzene rings is 1. The van der Waals surface area contributed by atoms with Crippen molar-refractivity contribution < 1.29 is 4.79 Å². The standard InChI is InChI=1S/C9H6ClN3OS/c10-6-3-1-5(2-4-6)7-8(9(11)14)13-15-12-7/h1-4H,(H2,11,14). The van der Waals surface area contributed by atoms with Crippen molar-refractivity contribution in [3.8, 4) is 11.3 Å². The fourth-order valence-electron chi connectivity index (χ4n) is 1.15. The Balaban J connectivity index is 2.49. The van der Waals surface area contributed by atoms with E-state index in [1.54, 1.807) is 24.3 Å². The highest BCUT2D eigenvalue weighted by Gasteiger charge is 2.14. The van der Waals surface area contributed by atoms with Crippen LogP contribution in [0.15, 0.2) is 24.3 Å². The Morgan fingerprint density at radius 3 is 2.53 bits per heavy atom. The van der Waals surface area contributed by atoms with Crippen LogP contribution in [0.2, 0.25) is 5.02 Å². The van der Waals surface area contributed by atoms with E-state index >= 15 is 0 Å². The van der Waals surface area contributed by atoms with Crippen LogP contribution in [0.5, 0.6) is 0 Å². The Hall–Kier alpha value is -1.46. The molecule has 6 heteroatoms. The highest BCUT2D eigenvalue weighted by Crippen LogP contribution is 2.23. The lowest BCUT2D eigenvalue weighted by Gasteiger charge is -1.97. The van der Waals surface area contributed by atoms with Crippen LogP contribution in [-0.2, 0) is 0 Å². The normalized spacial score (nSPS) is 10.2.